The van der Waals surface area contributed by atoms with E-state index in [-0.39, 0.29) is 5.56 Å². The van der Waals surface area contributed by atoms with Crippen LogP contribution in [0.3, 0.4) is 0 Å². The van der Waals surface area contributed by atoms with Crippen LogP contribution >= 0.6 is 0 Å². The van der Waals surface area contributed by atoms with Crippen molar-refractivity contribution in [3.8, 4) is 5.75 Å². The average molecular weight is 184 g/mol. The third-order valence-electron chi connectivity index (χ3n) is 1.34. The highest BCUT2D eigenvalue weighted by molar-refractivity contribution is 5.90. The van der Waals surface area contributed by atoms with E-state index in [1.54, 1.807) is 18.2 Å². The molecule has 0 saturated heterocycles. The van der Waals surface area contributed by atoms with Crippen molar-refractivity contribution in [1.29, 1.82) is 0 Å². The van der Waals surface area contributed by atoms with Crippen molar-refractivity contribution in [2.24, 2.45) is 11.7 Å². The second kappa shape index (κ2) is 5.99. The molecule has 0 aliphatic rings. The fraction of sp³-hybridized carbons (Fsp3) is 0.125. The minimum Gasteiger partial charge on any atom is -0.496 e. The molecule has 0 aliphatic heterocycles. The van der Waals surface area contributed by atoms with Crippen LogP contribution in [0, 0.1) is 0 Å². The number of carboxylic acids is 1. The third kappa shape index (κ3) is 3.10. The SMILES string of the molecule is COc1ccccc1C(=O)O.NN. The molecule has 0 saturated carbocycles. The molecule has 1 rings (SSSR count). The molecule has 0 bridgehead atoms. The summed E-state index contributed by atoms with van der Waals surface area (Å²) in [6, 6.07) is 6.50. The molecule has 13 heavy (non-hydrogen) atoms. The second-order valence-electron chi connectivity index (χ2n) is 2.01. The van der Waals surface area contributed by atoms with Crippen molar-refractivity contribution in [1.82, 2.24) is 0 Å². The van der Waals surface area contributed by atoms with Gasteiger partial charge in [0.1, 0.15) is 11.3 Å². The van der Waals surface area contributed by atoms with Crippen molar-refractivity contribution in [3.63, 3.8) is 0 Å². The monoisotopic (exact) mass is 184 g/mol. The largest absolute Gasteiger partial charge is 0.496 e. The summed E-state index contributed by atoms with van der Waals surface area (Å²) in [5, 5.41) is 8.62. The molecule has 0 fully saturated rings. The van der Waals surface area contributed by atoms with Gasteiger partial charge in [-0.15, -0.1) is 0 Å². The van der Waals surface area contributed by atoms with Crippen LogP contribution in [0.1, 0.15) is 10.4 Å². The smallest absolute Gasteiger partial charge is 0.339 e. The predicted molar refractivity (Wildman–Crippen MR) is 48.3 cm³/mol. The number of nitrogens with two attached hydrogens (primary N) is 2. The van der Waals surface area contributed by atoms with Crippen LogP contribution in [0.2, 0.25) is 0 Å². The van der Waals surface area contributed by atoms with Crippen LogP contribution in [0.15, 0.2) is 24.3 Å². The highest BCUT2D eigenvalue weighted by Gasteiger charge is 2.07. The molecule has 0 unspecified atom stereocenters. The van der Waals surface area contributed by atoms with Crippen molar-refractivity contribution in [2.75, 3.05) is 7.11 Å². The van der Waals surface area contributed by atoms with E-state index in [9.17, 15) is 4.79 Å². The van der Waals surface area contributed by atoms with E-state index in [0.717, 1.165) is 0 Å². The van der Waals surface area contributed by atoms with Gasteiger partial charge in [0, 0.05) is 0 Å². The average Bonchev–Trinajstić information content (AvgIpc) is 2.20. The summed E-state index contributed by atoms with van der Waals surface area (Å²) in [6.45, 7) is 0. The summed E-state index contributed by atoms with van der Waals surface area (Å²) in [7, 11) is 1.45. The van der Waals surface area contributed by atoms with Gasteiger partial charge in [0.2, 0.25) is 0 Å². The first-order chi connectivity index (χ1) is 6.25. The number of carbonyl (C=O) groups is 1. The Morgan fingerprint density at radius 2 is 1.92 bits per heavy atom. The number of hydrazine groups is 1. The Balaban J connectivity index is 0.000000671. The lowest BCUT2D eigenvalue weighted by Crippen LogP contribution is -2.02. The molecule has 1 aromatic carbocycles. The maximum absolute atomic E-state index is 10.5. The van der Waals surface area contributed by atoms with Gasteiger partial charge in [-0.25, -0.2) is 4.79 Å². The summed E-state index contributed by atoms with van der Waals surface area (Å²) < 4.78 is 4.83. The molecule has 5 nitrogen and oxygen atoms in total. The predicted octanol–water partition coefficient (Wildman–Crippen LogP) is 0.212. The Bertz CT molecular complexity index is 276. The molecule has 5 heteroatoms. The van der Waals surface area contributed by atoms with Gasteiger partial charge in [-0.2, -0.15) is 0 Å². The van der Waals surface area contributed by atoms with Crippen molar-refractivity contribution < 1.29 is 14.6 Å². The van der Waals surface area contributed by atoms with Crippen LogP contribution in [0.5, 0.6) is 5.75 Å². The molecule has 72 valence electrons. The van der Waals surface area contributed by atoms with E-state index in [0.29, 0.717) is 5.75 Å². The van der Waals surface area contributed by atoms with Gasteiger partial charge >= 0.3 is 5.97 Å². The fourth-order valence-electron chi connectivity index (χ4n) is 0.821. The number of aromatic carboxylic acids is 1. The van der Waals surface area contributed by atoms with Crippen molar-refractivity contribution in [3.05, 3.63) is 29.8 Å². The third-order valence-corrected chi connectivity index (χ3v) is 1.34. The van der Waals surface area contributed by atoms with Crippen LogP contribution in [-0.4, -0.2) is 18.2 Å². The summed E-state index contributed by atoms with van der Waals surface area (Å²) >= 11 is 0. The van der Waals surface area contributed by atoms with Gasteiger partial charge in [0.25, 0.3) is 0 Å². The number of hydrogen-bond donors (Lipinski definition) is 3. The molecular formula is C8H12N2O3. The molecule has 0 atom stereocenters. The topological polar surface area (TPSA) is 98.6 Å². The number of para-hydroxylation sites is 1. The lowest BCUT2D eigenvalue weighted by molar-refractivity contribution is 0.0693. The van der Waals surface area contributed by atoms with E-state index < -0.39 is 5.97 Å². The zero-order valence-electron chi connectivity index (χ0n) is 7.23. The van der Waals surface area contributed by atoms with E-state index >= 15 is 0 Å². The quantitative estimate of drug-likeness (QED) is 0.451. The Morgan fingerprint density at radius 3 is 2.31 bits per heavy atom. The number of benzene rings is 1. The second-order valence-corrected chi connectivity index (χ2v) is 2.01. The van der Waals surface area contributed by atoms with Crippen molar-refractivity contribution in [2.45, 2.75) is 0 Å². The minimum absolute atomic E-state index is 0.190. The van der Waals surface area contributed by atoms with E-state index in [1.807, 2.05) is 0 Å². The molecule has 0 radical (unpaired) electrons. The Kier molecular flexibility index (Phi) is 5.25. The number of methoxy groups -OCH3 is 1. The maximum atomic E-state index is 10.5. The number of ether oxygens (including phenoxy) is 1. The lowest BCUT2D eigenvalue weighted by Gasteiger charge is -2.01. The van der Waals surface area contributed by atoms with Gasteiger partial charge in [0.15, 0.2) is 0 Å². The van der Waals surface area contributed by atoms with Gasteiger partial charge in [-0.1, -0.05) is 12.1 Å². The highest BCUT2D eigenvalue weighted by atomic mass is 16.5. The van der Waals surface area contributed by atoms with Crippen LogP contribution in [0.4, 0.5) is 0 Å². The maximum Gasteiger partial charge on any atom is 0.339 e. The summed E-state index contributed by atoms with van der Waals surface area (Å²) in [6.07, 6.45) is 0. The zero-order valence-corrected chi connectivity index (χ0v) is 7.23. The standard InChI is InChI=1S/C8H8O3.H4N2/c1-11-7-5-3-2-4-6(7)8(9)10;1-2/h2-5H,1H3,(H,9,10);1-2H2. The Labute approximate surface area is 75.9 Å². The molecule has 1 aromatic rings. The zero-order chi connectivity index (χ0) is 10.3. The van der Waals surface area contributed by atoms with Gasteiger partial charge in [-0.05, 0) is 12.1 Å². The molecule has 0 amide bonds. The summed E-state index contributed by atoms with van der Waals surface area (Å²) in [4.78, 5) is 10.5. The first kappa shape index (κ1) is 11.4. The Morgan fingerprint density at radius 1 is 1.38 bits per heavy atom. The van der Waals surface area contributed by atoms with E-state index in [1.165, 1.54) is 13.2 Å². The van der Waals surface area contributed by atoms with Crippen LogP contribution < -0.4 is 16.4 Å². The van der Waals surface area contributed by atoms with Gasteiger partial charge in [-0.3, -0.25) is 11.7 Å². The first-order valence-corrected chi connectivity index (χ1v) is 3.45. The van der Waals surface area contributed by atoms with Crippen molar-refractivity contribution >= 4 is 5.97 Å². The molecule has 0 spiro atoms. The van der Waals surface area contributed by atoms with Crippen LogP contribution in [0.25, 0.3) is 0 Å². The first-order valence-electron chi connectivity index (χ1n) is 3.45. The summed E-state index contributed by atoms with van der Waals surface area (Å²) in [5.41, 5.74) is 0.190. The molecule has 0 heterocycles. The number of carboxylic acid groups (broad SMARTS) is 1. The molecule has 0 aromatic heterocycles. The van der Waals surface area contributed by atoms with E-state index in [4.69, 9.17) is 9.84 Å². The number of hydrogen-bond acceptors (Lipinski definition) is 4. The normalized spacial score (nSPS) is 8.23. The van der Waals surface area contributed by atoms with Gasteiger partial charge < -0.3 is 9.84 Å². The fourth-order valence-corrected chi connectivity index (χ4v) is 0.821. The van der Waals surface area contributed by atoms with E-state index in [2.05, 4.69) is 11.7 Å². The minimum atomic E-state index is -0.970. The summed E-state index contributed by atoms with van der Waals surface area (Å²) in [5.74, 6) is 7.42. The highest BCUT2D eigenvalue weighted by Crippen LogP contribution is 2.16. The molecule has 0 aliphatic carbocycles. The molecular weight excluding hydrogens is 172 g/mol. The Hall–Kier alpha value is -1.59. The van der Waals surface area contributed by atoms with Gasteiger partial charge in [0.05, 0.1) is 7.11 Å². The van der Waals surface area contributed by atoms with Crippen LogP contribution in [-0.2, 0) is 0 Å². The lowest BCUT2D eigenvalue weighted by atomic mass is 10.2. The number of rotatable bonds is 2. The molecule has 5 N–H and O–H groups in total.